The van der Waals surface area contributed by atoms with E-state index >= 15 is 0 Å². The van der Waals surface area contributed by atoms with Crippen LogP contribution in [0.4, 0.5) is 0 Å². The van der Waals surface area contributed by atoms with E-state index in [2.05, 4.69) is 5.32 Å². The molecule has 7 nitrogen and oxygen atoms in total. The van der Waals surface area contributed by atoms with Crippen LogP contribution in [-0.2, 0) is 4.79 Å². The summed E-state index contributed by atoms with van der Waals surface area (Å²) >= 11 is 0. The van der Waals surface area contributed by atoms with Gasteiger partial charge in [-0.2, -0.15) is 0 Å². The van der Waals surface area contributed by atoms with Gasteiger partial charge in [0.05, 0.1) is 6.42 Å². The lowest BCUT2D eigenvalue weighted by Gasteiger charge is -2.28. The topological polar surface area (TPSA) is 88.1 Å². The molecule has 7 heteroatoms. The standard InChI is InChI=1S/C21H22N2O5/c24-16-10-15(27-13-20(26)23-8-6-22-7-9-23)11-19-21(16)17(25)12-18(28-19)14-4-2-1-3-5-14/h1-5,10-11,18,22,24H,6-9,12-13H2. The van der Waals surface area contributed by atoms with Crippen LogP contribution in [0.25, 0.3) is 0 Å². The smallest absolute Gasteiger partial charge is 0.260 e. The Labute approximate surface area is 162 Å². The number of carbonyl (C=O) groups excluding carboxylic acids is 2. The average Bonchev–Trinajstić information content (AvgIpc) is 2.72. The quantitative estimate of drug-likeness (QED) is 0.840. The van der Waals surface area contributed by atoms with Crippen molar-refractivity contribution in [2.45, 2.75) is 12.5 Å². The molecule has 0 aromatic heterocycles. The van der Waals surface area contributed by atoms with Gasteiger partial charge in [0.25, 0.3) is 5.91 Å². The molecule has 1 unspecified atom stereocenters. The number of ether oxygens (including phenoxy) is 2. The van der Waals surface area contributed by atoms with Gasteiger partial charge >= 0.3 is 0 Å². The van der Waals surface area contributed by atoms with Crippen LogP contribution in [0.5, 0.6) is 17.2 Å². The van der Waals surface area contributed by atoms with Crippen LogP contribution >= 0.6 is 0 Å². The summed E-state index contributed by atoms with van der Waals surface area (Å²) < 4.78 is 11.5. The molecular formula is C21H22N2O5. The van der Waals surface area contributed by atoms with Gasteiger partial charge in [0, 0.05) is 38.3 Å². The van der Waals surface area contributed by atoms with Crippen LogP contribution in [0.2, 0.25) is 0 Å². The third-order valence-electron chi connectivity index (χ3n) is 4.98. The minimum Gasteiger partial charge on any atom is -0.507 e. The summed E-state index contributed by atoms with van der Waals surface area (Å²) in [4.78, 5) is 26.5. The maximum Gasteiger partial charge on any atom is 0.260 e. The number of aromatic hydroxyl groups is 1. The van der Waals surface area contributed by atoms with Crippen molar-refractivity contribution in [3.63, 3.8) is 0 Å². The van der Waals surface area contributed by atoms with E-state index in [1.807, 2.05) is 30.3 Å². The normalized spacial score (nSPS) is 18.9. The summed E-state index contributed by atoms with van der Waals surface area (Å²) in [5.74, 6) is 0.0727. The number of rotatable bonds is 4. The molecule has 1 saturated heterocycles. The van der Waals surface area contributed by atoms with Gasteiger partial charge in [0.15, 0.2) is 12.4 Å². The number of hydrogen-bond donors (Lipinski definition) is 2. The first-order chi connectivity index (χ1) is 13.6. The maximum absolute atomic E-state index is 12.5. The van der Waals surface area contributed by atoms with E-state index in [1.54, 1.807) is 11.0 Å². The number of nitrogens with zero attached hydrogens (tertiary/aromatic N) is 1. The Morgan fingerprint density at radius 3 is 2.71 bits per heavy atom. The van der Waals surface area contributed by atoms with E-state index in [9.17, 15) is 14.7 Å². The summed E-state index contributed by atoms with van der Waals surface area (Å²) in [5.41, 5.74) is 1.05. The maximum atomic E-state index is 12.5. The fourth-order valence-corrected chi connectivity index (χ4v) is 3.50. The van der Waals surface area contributed by atoms with Gasteiger partial charge in [-0.1, -0.05) is 30.3 Å². The van der Waals surface area contributed by atoms with Crippen LogP contribution in [0.15, 0.2) is 42.5 Å². The van der Waals surface area contributed by atoms with Crippen molar-refractivity contribution in [1.29, 1.82) is 0 Å². The SMILES string of the molecule is O=C1CC(c2ccccc2)Oc2cc(OCC(=O)N3CCNCC3)cc(O)c21. The lowest BCUT2D eigenvalue weighted by atomic mass is 9.95. The van der Waals surface area contributed by atoms with Gasteiger partial charge in [-0.05, 0) is 5.56 Å². The van der Waals surface area contributed by atoms with E-state index in [-0.39, 0.29) is 41.8 Å². The monoisotopic (exact) mass is 382 g/mol. The molecule has 28 heavy (non-hydrogen) atoms. The number of ketones is 1. The fourth-order valence-electron chi connectivity index (χ4n) is 3.50. The molecule has 0 radical (unpaired) electrons. The molecule has 1 amide bonds. The molecule has 2 aromatic carbocycles. The van der Waals surface area contributed by atoms with Crippen LogP contribution in [0.1, 0.15) is 28.4 Å². The highest BCUT2D eigenvalue weighted by Gasteiger charge is 2.31. The second kappa shape index (κ2) is 7.90. The van der Waals surface area contributed by atoms with Gasteiger partial charge in [-0.15, -0.1) is 0 Å². The number of nitrogens with one attached hydrogen (secondary N) is 1. The predicted molar refractivity (Wildman–Crippen MR) is 102 cm³/mol. The van der Waals surface area contributed by atoms with E-state index in [0.29, 0.717) is 18.8 Å². The summed E-state index contributed by atoms with van der Waals surface area (Å²) in [7, 11) is 0. The molecule has 4 rings (SSSR count). The average molecular weight is 382 g/mol. The number of carbonyl (C=O) groups is 2. The van der Waals surface area contributed by atoms with Gasteiger partial charge in [0.1, 0.15) is 28.9 Å². The van der Waals surface area contributed by atoms with Crippen molar-refractivity contribution in [2.75, 3.05) is 32.8 Å². The van der Waals surface area contributed by atoms with Gasteiger partial charge in [-0.3, -0.25) is 9.59 Å². The Kier molecular flexibility index (Phi) is 5.16. The third-order valence-corrected chi connectivity index (χ3v) is 4.98. The molecule has 146 valence electrons. The summed E-state index contributed by atoms with van der Waals surface area (Å²) in [6.45, 7) is 2.70. The Bertz CT molecular complexity index is 878. The first-order valence-electron chi connectivity index (χ1n) is 9.35. The second-order valence-electron chi connectivity index (χ2n) is 6.88. The number of benzene rings is 2. The zero-order valence-electron chi connectivity index (χ0n) is 15.4. The van der Waals surface area contributed by atoms with Crippen molar-refractivity contribution < 1.29 is 24.2 Å². The van der Waals surface area contributed by atoms with Crippen LogP contribution < -0.4 is 14.8 Å². The van der Waals surface area contributed by atoms with E-state index in [4.69, 9.17) is 9.47 Å². The first kappa shape index (κ1) is 18.3. The Morgan fingerprint density at radius 2 is 1.96 bits per heavy atom. The third kappa shape index (κ3) is 3.80. The van der Waals surface area contributed by atoms with Crippen molar-refractivity contribution in [2.24, 2.45) is 0 Å². The molecule has 0 aliphatic carbocycles. The fraction of sp³-hybridized carbons (Fsp3) is 0.333. The molecule has 0 saturated carbocycles. The molecule has 1 fully saturated rings. The van der Waals surface area contributed by atoms with Crippen LogP contribution in [0.3, 0.4) is 0 Å². The Balaban J connectivity index is 1.50. The number of fused-ring (bicyclic) bond motifs is 1. The largest absolute Gasteiger partial charge is 0.507 e. The zero-order chi connectivity index (χ0) is 19.5. The van der Waals surface area contributed by atoms with Crippen molar-refractivity contribution in [3.8, 4) is 17.2 Å². The summed E-state index contributed by atoms with van der Waals surface area (Å²) in [6, 6.07) is 12.4. The number of Topliss-reactive ketones (excluding diaryl/α,β-unsaturated/α-hetero) is 1. The molecule has 2 heterocycles. The molecule has 2 N–H and O–H groups in total. The predicted octanol–water partition coefficient (Wildman–Crippen LogP) is 1.91. The minimum absolute atomic E-state index is 0.113. The van der Waals surface area contributed by atoms with Crippen LogP contribution in [0, 0.1) is 0 Å². The molecule has 2 aliphatic heterocycles. The van der Waals surface area contributed by atoms with Gasteiger partial charge in [-0.25, -0.2) is 0 Å². The molecule has 0 bridgehead atoms. The highest BCUT2D eigenvalue weighted by Crippen LogP contribution is 2.41. The number of amides is 1. The molecule has 0 spiro atoms. The summed E-state index contributed by atoms with van der Waals surface area (Å²) in [6.07, 6.45) is -0.259. The number of phenols is 1. The highest BCUT2D eigenvalue weighted by atomic mass is 16.5. The van der Waals surface area contributed by atoms with E-state index in [1.165, 1.54) is 6.07 Å². The molecule has 1 atom stereocenters. The van der Waals surface area contributed by atoms with E-state index < -0.39 is 6.10 Å². The number of piperazine rings is 1. The zero-order valence-corrected chi connectivity index (χ0v) is 15.4. The first-order valence-corrected chi connectivity index (χ1v) is 9.35. The lowest BCUT2D eigenvalue weighted by molar-refractivity contribution is -0.133. The second-order valence-corrected chi connectivity index (χ2v) is 6.88. The Morgan fingerprint density at radius 1 is 1.21 bits per heavy atom. The van der Waals surface area contributed by atoms with Gasteiger partial charge in [0.2, 0.25) is 0 Å². The minimum atomic E-state index is -0.418. The lowest BCUT2D eigenvalue weighted by Crippen LogP contribution is -2.47. The molecular weight excluding hydrogens is 360 g/mol. The Hall–Kier alpha value is -3.06. The molecule has 2 aliphatic rings. The van der Waals surface area contributed by atoms with Gasteiger partial charge < -0.3 is 24.8 Å². The van der Waals surface area contributed by atoms with Crippen molar-refractivity contribution >= 4 is 11.7 Å². The van der Waals surface area contributed by atoms with Crippen molar-refractivity contribution in [3.05, 3.63) is 53.6 Å². The van der Waals surface area contributed by atoms with Crippen molar-refractivity contribution in [1.82, 2.24) is 10.2 Å². The number of phenolic OH excluding ortho intramolecular Hbond substituents is 1. The number of hydrogen-bond acceptors (Lipinski definition) is 6. The van der Waals surface area contributed by atoms with Crippen LogP contribution in [-0.4, -0.2) is 54.5 Å². The molecule has 2 aromatic rings. The van der Waals surface area contributed by atoms with E-state index in [0.717, 1.165) is 18.7 Å². The summed E-state index contributed by atoms with van der Waals surface area (Å²) in [5, 5.41) is 13.5. The highest BCUT2D eigenvalue weighted by molar-refractivity contribution is 6.02.